The largest absolute Gasteiger partial charge is 0.279 e. The van der Waals surface area contributed by atoms with Crippen LogP contribution in [0.3, 0.4) is 0 Å². The van der Waals surface area contributed by atoms with Gasteiger partial charge in [0, 0.05) is 5.02 Å². The smallest absolute Gasteiger partial charge is 0.262 e. The predicted molar refractivity (Wildman–Crippen MR) is 97.0 cm³/mol. The van der Waals surface area contributed by atoms with Crippen LogP contribution in [0.5, 0.6) is 0 Å². The van der Waals surface area contributed by atoms with Gasteiger partial charge in [0.1, 0.15) is 0 Å². The fourth-order valence-electron chi connectivity index (χ4n) is 2.54. The van der Waals surface area contributed by atoms with E-state index >= 15 is 0 Å². The van der Waals surface area contributed by atoms with Crippen LogP contribution in [0.1, 0.15) is 42.0 Å². The zero-order chi connectivity index (χ0) is 17.4. The summed E-state index contributed by atoms with van der Waals surface area (Å²) in [6.07, 6.45) is 0. The molecule has 2 rings (SSSR count). The van der Waals surface area contributed by atoms with Crippen molar-refractivity contribution in [2.75, 3.05) is 4.72 Å². The van der Waals surface area contributed by atoms with Gasteiger partial charge in [-0.15, -0.1) is 0 Å². The molecule has 0 fully saturated rings. The van der Waals surface area contributed by atoms with Crippen LogP contribution in [0.2, 0.25) is 5.02 Å². The SMILES string of the molecule is Cc1cc(S(=O)(=O)Nc2c(C)cccc2C(C)C)c(C)cc1Cl. The molecule has 124 valence electrons. The summed E-state index contributed by atoms with van der Waals surface area (Å²) in [5.74, 6) is 0.223. The fourth-order valence-corrected chi connectivity index (χ4v) is 4.23. The normalized spacial score (nSPS) is 11.8. The summed E-state index contributed by atoms with van der Waals surface area (Å²) < 4.78 is 28.5. The van der Waals surface area contributed by atoms with E-state index in [9.17, 15) is 8.42 Å². The van der Waals surface area contributed by atoms with Crippen molar-refractivity contribution in [3.8, 4) is 0 Å². The Morgan fingerprint density at radius 1 is 1.00 bits per heavy atom. The van der Waals surface area contributed by atoms with Gasteiger partial charge in [-0.3, -0.25) is 4.72 Å². The molecule has 0 radical (unpaired) electrons. The maximum absolute atomic E-state index is 12.9. The molecule has 2 aromatic carbocycles. The molecule has 0 atom stereocenters. The minimum absolute atomic E-state index is 0.223. The summed E-state index contributed by atoms with van der Waals surface area (Å²) in [4.78, 5) is 0.261. The van der Waals surface area contributed by atoms with Crippen LogP contribution in [0.15, 0.2) is 35.2 Å². The molecule has 0 amide bonds. The third-order valence-electron chi connectivity index (χ3n) is 3.91. The predicted octanol–water partition coefficient (Wildman–Crippen LogP) is 5.19. The number of hydrogen-bond acceptors (Lipinski definition) is 2. The van der Waals surface area contributed by atoms with Crippen LogP contribution in [0.25, 0.3) is 0 Å². The van der Waals surface area contributed by atoms with E-state index in [2.05, 4.69) is 4.72 Å². The Hall–Kier alpha value is -1.52. The van der Waals surface area contributed by atoms with E-state index in [1.54, 1.807) is 26.0 Å². The number of sulfonamides is 1. The van der Waals surface area contributed by atoms with E-state index in [-0.39, 0.29) is 10.8 Å². The monoisotopic (exact) mass is 351 g/mol. The number of halogens is 1. The van der Waals surface area contributed by atoms with Crippen molar-refractivity contribution in [2.45, 2.75) is 45.4 Å². The Bertz CT molecular complexity index is 842. The van der Waals surface area contributed by atoms with Gasteiger partial charge in [0.2, 0.25) is 0 Å². The maximum Gasteiger partial charge on any atom is 0.262 e. The average molecular weight is 352 g/mol. The molecule has 1 N–H and O–H groups in total. The van der Waals surface area contributed by atoms with Gasteiger partial charge >= 0.3 is 0 Å². The first-order valence-corrected chi connectivity index (χ1v) is 9.38. The molecule has 0 saturated heterocycles. The fraction of sp³-hybridized carbons (Fsp3) is 0.333. The molecule has 0 unspecified atom stereocenters. The lowest BCUT2D eigenvalue weighted by Crippen LogP contribution is -2.17. The Kier molecular flexibility index (Phi) is 5.07. The summed E-state index contributed by atoms with van der Waals surface area (Å²) >= 11 is 6.07. The molecule has 0 aliphatic carbocycles. The van der Waals surface area contributed by atoms with Gasteiger partial charge in [-0.25, -0.2) is 8.42 Å². The highest BCUT2D eigenvalue weighted by molar-refractivity contribution is 7.92. The van der Waals surface area contributed by atoms with Crippen molar-refractivity contribution >= 4 is 27.3 Å². The lowest BCUT2D eigenvalue weighted by Gasteiger charge is -2.18. The molecule has 5 heteroatoms. The number of aryl methyl sites for hydroxylation is 3. The first-order chi connectivity index (χ1) is 10.6. The molecular weight excluding hydrogens is 330 g/mol. The highest BCUT2D eigenvalue weighted by Crippen LogP contribution is 2.31. The van der Waals surface area contributed by atoms with Crippen LogP contribution in [0, 0.1) is 20.8 Å². The summed E-state index contributed by atoms with van der Waals surface area (Å²) in [6, 6.07) is 9.11. The molecule has 2 aromatic rings. The first-order valence-electron chi connectivity index (χ1n) is 7.52. The molecule has 0 aliphatic rings. The summed E-state index contributed by atoms with van der Waals surface area (Å²) in [5.41, 5.74) is 3.92. The van der Waals surface area contributed by atoms with Crippen LogP contribution < -0.4 is 4.72 Å². The van der Waals surface area contributed by atoms with Gasteiger partial charge in [-0.05, 0) is 61.1 Å². The molecular formula is C18H22ClNO2S. The second kappa shape index (κ2) is 6.54. The van der Waals surface area contributed by atoms with Crippen LogP contribution in [-0.2, 0) is 10.0 Å². The molecule has 23 heavy (non-hydrogen) atoms. The molecule has 0 aliphatic heterocycles. The Morgan fingerprint density at radius 3 is 2.26 bits per heavy atom. The van der Waals surface area contributed by atoms with Crippen molar-refractivity contribution in [3.05, 3.63) is 57.6 Å². The third-order valence-corrected chi connectivity index (χ3v) is 5.81. The number of nitrogens with one attached hydrogen (secondary N) is 1. The number of anilines is 1. The molecule has 0 bridgehead atoms. The number of hydrogen-bond donors (Lipinski definition) is 1. The molecule has 0 spiro atoms. The summed E-state index contributed by atoms with van der Waals surface area (Å²) in [6.45, 7) is 9.55. The zero-order valence-electron chi connectivity index (χ0n) is 14.1. The minimum atomic E-state index is -3.67. The average Bonchev–Trinajstić information content (AvgIpc) is 2.44. The Balaban J connectivity index is 2.54. The molecule has 0 saturated carbocycles. The van der Waals surface area contributed by atoms with Crippen molar-refractivity contribution in [3.63, 3.8) is 0 Å². The number of benzene rings is 2. The molecule has 0 heterocycles. The topological polar surface area (TPSA) is 46.2 Å². The second-order valence-electron chi connectivity index (χ2n) is 6.17. The van der Waals surface area contributed by atoms with Crippen molar-refractivity contribution in [1.82, 2.24) is 0 Å². The van der Waals surface area contributed by atoms with Crippen molar-refractivity contribution in [2.24, 2.45) is 0 Å². The zero-order valence-corrected chi connectivity index (χ0v) is 15.6. The second-order valence-corrected chi connectivity index (χ2v) is 8.22. The van der Waals surface area contributed by atoms with E-state index < -0.39 is 10.0 Å². The Labute approximate surface area is 143 Å². The minimum Gasteiger partial charge on any atom is -0.279 e. The lowest BCUT2D eigenvalue weighted by molar-refractivity contribution is 0.600. The van der Waals surface area contributed by atoms with E-state index in [1.807, 2.05) is 39.0 Å². The van der Waals surface area contributed by atoms with E-state index in [4.69, 9.17) is 11.6 Å². The van der Waals surface area contributed by atoms with E-state index in [0.717, 1.165) is 16.7 Å². The highest BCUT2D eigenvalue weighted by Gasteiger charge is 2.21. The van der Waals surface area contributed by atoms with Crippen molar-refractivity contribution in [1.29, 1.82) is 0 Å². The van der Waals surface area contributed by atoms with Gasteiger partial charge in [-0.2, -0.15) is 0 Å². The van der Waals surface area contributed by atoms with Crippen LogP contribution in [-0.4, -0.2) is 8.42 Å². The summed E-state index contributed by atoms with van der Waals surface area (Å²) in [5, 5.41) is 0.570. The lowest BCUT2D eigenvalue weighted by atomic mass is 9.99. The van der Waals surface area contributed by atoms with Gasteiger partial charge < -0.3 is 0 Å². The first kappa shape index (κ1) is 17.8. The number of rotatable bonds is 4. The van der Waals surface area contributed by atoms with E-state index in [0.29, 0.717) is 16.3 Å². The highest BCUT2D eigenvalue weighted by atomic mass is 35.5. The maximum atomic E-state index is 12.9. The van der Waals surface area contributed by atoms with Gasteiger partial charge in [0.15, 0.2) is 0 Å². The van der Waals surface area contributed by atoms with Crippen LogP contribution >= 0.6 is 11.6 Å². The summed E-state index contributed by atoms with van der Waals surface area (Å²) in [7, 11) is -3.67. The molecule has 3 nitrogen and oxygen atoms in total. The Morgan fingerprint density at radius 2 is 1.65 bits per heavy atom. The van der Waals surface area contributed by atoms with E-state index in [1.165, 1.54) is 0 Å². The van der Waals surface area contributed by atoms with Gasteiger partial charge in [0.25, 0.3) is 10.0 Å². The third kappa shape index (κ3) is 3.70. The quantitative estimate of drug-likeness (QED) is 0.823. The van der Waals surface area contributed by atoms with Crippen LogP contribution in [0.4, 0.5) is 5.69 Å². The van der Waals surface area contributed by atoms with Crippen molar-refractivity contribution < 1.29 is 8.42 Å². The molecule has 0 aromatic heterocycles. The van der Waals surface area contributed by atoms with Gasteiger partial charge in [0.05, 0.1) is 10.6 Å². The number of para-hydroxylation sites is 1. The standard InChI is InChI=1S/C18H22ClNO2S/c1-11(2)15-8-6-7-12(3)18(15)20-23(21,22)17-10-13(4)16(19)9-14(17)5/h6-11,20H,1-5H3. The van der Waals surface area contributed by atoms with Gasteiger partial charge in [-0.1, -0.05) is 43.6 Å².